The molecule has 6 nitrogen and oxygen atoms in total. The van der Waals surface area contributed by atoms with Gasteiger partial charge in [0.25, 0.3) is 5.91 Å². The molecule has 1 N–H and O–H groups in total. The van der Waals surface area contributed by atoms with Gasteiger partial charge in [-0.05, 0) is 30.2 Å². The molecule has 1 saturated carbocycles. The number of carbonyl (C=O) groups excluding carboxylic acids is 3. The number of hydrogen-bond acceptors (Lipinski definition) is 4. The highest BCUT2D eigenvalue weighted by molar-refractivity contribution is 6.01. The van der Waals surface area contributed by atoms with Gasteiger partial charge in [-0.25, -0.2) is 4.79 Å². The van der Waals surface area contributed by atoms with E-state index in [1.165, 1.54) is 14.0 Å². The predicted molar refractivity (Wildman–Crippen MR) is 104 cm³/mol. The third kappa shape index (κ3) is 2.78. The molecule has 1 aliphatic rings. The molecular weight excluding hydrogens is 356 g/mol. The monoisotopic (exact) mass is 376 g/mol. The van der Waals surface area contributed by atoms with E-state index in [4.69, 9.17) is 4.74 Å². The average Bonchev–Trinajstić information content (AvgIpc) is 3.30. The largest absolute Gasteiger partial charge is 0.467 e. The molecule has 0 spiro atoms. The third-order valence-electron chi connectivity index (χ3n) is 5.34. The molecule has 0 unspecified atom stereocenters. The van der Waals surface area contributed by atoms with Crippen molar-refractivity contribution in [2.24, 2.45) is 0 Å². The van der Waals surface area contributed by atoms with Crippen LogP contribution in [0.25, 0.3) is 10.9 Å². The number of nitrogens with zero attached hydrogens (tertiary/aromatic N) is 1. The summed E-state index contributed by atoms with van der Waals surface area (Å²) < 4.78 is 6.58. The topological polar surface area (TPSA) is 77.4 Å². The van der Waals surface area contributed by atoms with E-state index in [9.17, 15) is 14.4 Å². The number of ether oxygens (including phenoxy) is 1. The van der Waals surface area contributed by atoms with Crippen LogP contribution in [0, 0.1) is 0 Å². The van der Waals surface area contributed by atoms with Gasteiger partial charge in [0.2, 0.25) is 5.91 Å². The lowest BCUT2D eigenvalue weighted by molar-refractivity contribution is -0.144. The number of fused-ring (bicyclic) bond motifs is 1. The van der Waals surface area contributed by atoms with Crippen LogP contribution in [0.5, 0.6) is 0 Å². The van der Waals surface area contributed by atoms with E-state index in [2.05, 4.69) is 5.32 Å². The minimum atomic E-state index is -1.13. The fourth-order valence-corrected chi connectivity index (χ4v) is 3.84. The first kappa shape index (κ1) is 18.0. The van der Waals surface area contributed by atoms with Crippen LogP contribution in [-0.2, 0) is 9.53 Å². The minimum absolute atomic E-state index is 0.111. The number of esters is 1. The van der Waals surface area contributed by atoms with Gasteiger partial charge in [-0.2, -0.15) is 0 Å². The summed E-state index contributed by atoms with van der Waals surface area (Å²) in [5.74, 6) is -1.19. The smallest absolute Gasteiger partial charge is 0.332 e. The highest BCUT2D eigenvalue weighted by atomic mass is 16.5. The maximum absolute atomic E-state index is 12.7. The fourth-order valence-electron chi connectivity index (χ4n) is 3.84. The molecule has 2 atom stereocenters. The van der Waals surface area contributed by atoms with Gasteiger partial charge in [-0.15, -0.1) is 0 Å². The lowest BCUT2D eigenvalue weighted by atomic mass is 10.0. The average molecular weight is 376 g/mol. The number of para-hydroxylation sites is 1. The Morgan fingerprint density at radius 1 is 1.07 bits per heavy atom. The Hall–Kier alpha value is -3.41. The predicted octanol–water partition coefficient (Wildman–Crippen LogP) is 3.13. The molecule has 1 aliphatic carbocycles. The molecule has 0 radical (unpaired) electrons. The highest BCUT2D eigenvalue weighted by Crippen LogP contribution is 2.54. The van der Waals surface area contributed by atoms with Crippen LogP contribution in [0.15, 0.2) is 60.8 Å². The number of benzene rings is 2. The van der Waals surface area contributed by atoms with E-state index in [-0.39, 0.29) is 17.7 Å². The summed E-state index contributed by atoms with van der Waals surface area (Å²) in [4.78, 5) is 37.3. The van der Waals surface area contributed by atoms with Crippen molar-refractivity contribution in [1.82, 2.24) is 9.88 Å². The van der Waals surface area contributed by atoms with E-state index in [0.717, 1.165) is 16.5 Å². The van der Waals surface area contributed by atoms with Crippen LogP contribution >= 0.6 is 0 Å². The Bertz CT molecular complexity index is 1090. The number of hydrogen-bond donors (Lipinski definition) is 1. The third-order valence-corrected chi connectivity index (χ3v) is 5.34. The zero-order valence-electron chi connectivity index (χ0n) is 15.6. The molecule has 0 bridgehead atoms. The molecule has 0 aliphatic heterocycles. The van der Waals surface area contributed by atoms with Crippen molar-refractivity contribution in [3.8, 4) is 0 Å². The molecular formula is C22H20N2O4. The van der Waals surface area contributed by atoms with Crippen molar-refractivity contribution >= 4 is 28.7 Å². The van der Waals surface area contributed by atoms with E-state index in [0.29, 0.717) is 12.0 Å². The molecule has 1 amide bonds. The second kappa shape index (κ2) is 6.64. The molecule has 4 rings (SSSR count). The van der Waals surface area contributed by atoms with E-state index in [1.54, 1.807) is 35.0 Å². The summed E-state index contributed by atoms with van der Waals surface area (Å²) in [5, 5.41) is 3.77. The van der Waals surface area contributed by atoms with Crippen LogP contribution in [-0.4, -0.2) is 35.0 Å². The number of amides is 1. The van der Waals surface area contributed by atoms with Crippen LogP contribution in [0.1, 0.15) is 40.0 Å². The summed E-state index contributed by atoms with van der Waals surface area (Å²) >= 11 is 0. The maximum atomic E-state index is 12.7. The van der Waals surface area contributed by atoms with Gasteiger partial charge in [-0.3, -0.25) is 14.2 Å². The van der Waals surface area contributed by atoms with Crippen LogP contribution in [0.4, 0.5) is 0 Å². The van der Waals surface area contributed by atoms with Gasteiger partial charge in [0.1, 0.15) is 5.54 Å². The lowest BCUT2D eigenvalue weighted by Crippen LogP contribution is -2.45. The molecule has 3 aromatic rings. The second-order valence-electron chi connectivity index (χ2n) is 7.03. The van der Waals surface area contributed by atoms with Crippen molar-refractivity contribution < 1.29 is 19.1 Å². The summed E-state index contributed by atoms with van der Waals surface area (Å²) in [6.45, 7) is 1.49. The molecule has 1 aromatic heterocycles. The standard InChI is InChI=1S/C22H20N2O4/c1-14(25)24-13-17(16-10-6-7-11-19(16)24)18-12-22(18,21(27)28-2)23-20(26)15-8-4-3-5-9-15/h3-11,13,18H,12H2,1-2H3,(H,23,26)/t18-,22-/m0/s1. The molecule has 142 valence electrons. The highest BCUT2D eigenvalue weighted by Gasteiger charge is 2.63. The van der Waals surface area contributed by atoms with Crippen LogP contribution < -0.4 is 5.32 Å². The Morgan fingerprint density at radius 2 is 1.75 bits per heavy atom. The fraction of sp³-hybridized carbons (Fsp3) is 0.227. The van der Waals surface area contributed by atoms with Crippen molar-refractivity contribution in [3.05, 3.63) is 71.9 Å². The first-order chi connectivity index (χ1) is 13.5. The van der Waals surface area contributed by atoms with E-state index < -0.39 is 11.5 Å². The number of rotatable bonds is 4. The molecule has 1 fully saturated rings. The molecule has 2 aromatic carbocycles. The number of methoxy groups -OCH3 is 1. The Labute approximate surface area is 162 Å². The van der Waals surface area contributed by atoms with Crippen LogP contribution in [0.2, 0.25) is 0 Å². The quantitative estimate of drug-likeness (QED) is 0.710. The van der Waals surface area contributed by atoms with Crippen molar-refractivity contribution in [2.75, 3.05) is 7.11 Å². The first-order valence-electron chi connectivity index (χ1n) is 9.05. The Kier molecular flexibility index (Phi) is 4.26. The van der Waals surface area contributed by atoms with Gasteiger partial charge in [0, 0.05) is 30.0 Å². The Morgan fingerprint density at radius 3 is 2.43 bits per heavy atom. The van der Waals surface area contributed by atoms with E-state index >= 15 is 0 Å². The summed E-state index contributed by atoms with van der Waals surface area (Å²) in [7, 11) is 1.31. The normalized spacial score (nSPS) is 20.6. The summed E-state index contributed by atoms with van der Waals surface area (Å²) in [6, 6.07) is 16.3. The van der Waals surface area contributed by atoms with Gasteiger partial charge in [0.15, 0.2) is 0 Å². The number of carbonyl (C=O) groups is 3. The molecule has 1 heterocycles. The van der Waals surface area contributed by atoms with Gasteiger partial charge < -0.3 is 10.1 Å². The van der Waals surface area contributed by atoms with Gasteiger partial charge in [0.05, 0.1) is 12.6 Å². The summed E-state index contributed by atoms with van der Waals surface area (Å²) in [6.07, 6.45) is 2.18. The Balaban J connectivity index is 1.73. The maximum Gasteiger partial charge on any atom is 0.332 e. The number of aromatic nitrogens is 1. The molecule has 6 heteroatoms. The van der Waals surface area contributed by atoms with Crippen molar-refractivity contribution in [3.63, 3.8) is 0 Å². The lowest BCUT2D eigenvalue weighted by Gasteiger charge is -2.17. The zero-order chi connectivity index (χ0) is 19.9. The van der Waals surface area contributed by atoms with Crippen LogP contribution in [0.3, 0.4) is 0 Å². The molecule has 0 saturated heterocycles. The van der Waals surface area contributed by atoms with Gasteiger partial charge >= 0.3 is 5.97 Å². The van der Waals surface area contributed by atoms with E-state index in [1.807, 2.05) is 30.3 Å². The first-order valence-corrected chi connectivity index (χ1v) is 9.05. The summed E-state index contributed by atoms with van der Waals surface area (Å²) in [5.41, 5.74) is 0.977. The van der Waals surface area contributed by atoms with Crippen molar-refractivity contribution in [2.45, 2.75) is 24.8 Å². The zero-order valence-corrected chi connectivity index (χ0v) is 15.6. The SMILES string of the molecule is COC(=O)[C@]1(NC(=O)c2ccccc2)C[C@H]1c1cn(C(C)=O)c2ccccc12. The van der Waals surface area contributed by atoms with Gasteiger partial charge in [-0.1, -0.05) is 36.4 Å². The second-order valence-corrected chi connectivity index (χ2v) is 7.03. The molecule has 28 heavy (non-hydrogen) atoms. The number of nitrogens with one attached hydrogen (secondary N) is 1. The van der Waals surface area contributed by atoms with Crippen molar-refractivity contribution in [1.29, 1.82) is 0 Å². The minimum Gasteiger partial charge on any atom is -0.467 e.